The van der Waals surface area contributed by atoms with Crippen LogP contribution in [0.15, 0.2) is 16.7 Å². The first kappa shape index (κ1) is 13.5. The smallest absolute Gasteiger partial charge is 0.341 e. The molecule has 5 heteroatoms. The summed E-state index contributed by atoms with van der Waals surface area (Å²) in [5, 5.41) is 4.09. The van der Waals surface area contributed by atoms with Gasteiger partial charge < -0.3 is 14.5 Å². The molecule has 0 saturated carbocycles. The monoisotopic (exact) mass is 269 g/mol. The quantitative estimate of drug-likeness (QED) is 0.832. The maximum atomic E-state index is 11.2. The number of rotatable bonds is 5. The molecular formula is C13H19NO3S. The minimum atomic E-state index is -0.354. The Hall–Kier alpha value is -0.940. The summed E-state index contributed by atoms with van der Waals surface area (Å²) in [5.41, 5.74) is 0.473. The van der Waals surface area contributed by atoms with Crippen molar-refractivity contribution in [1.29, 1.82) is 0 Å². The molecule has 1 aliphatic rings. The van der Waals surface area contributed by atoms with Crippen molar-refractivity contribution in [2.45, 2.75) is 31.1 Å². The van der Waals surface area contributed by atoms with E-state index in [4.69, 9.17) is 4.42 Å². The van der Waals surface area contributed by atoms with Crippen LogP contribution >= 0.6 is 11.8 Å². The molecule has 2 heterocycles. The van der Waals surface area contributed by atoms with Crippen LogP contribution in [0.25, 0.3) is 0 Å². The summed E-state index contributed by atoms with van der Waals surface area (Å²) in [6, 6.07) is 1.73. The molecule has 1 aromatic heterocycles. The van der Waals surface area contributed by atoms with Crippen molar-refractivity contribution >= 4 is 17.7 Å². The summed E-state index contributed by atoms with van der Waals surface area (Å²) in [6.45, 7) is 1.66. The van der Waals surface area contributed by atoms with E-state index in [2.05, 4.69) is 10.1 Å². The van der Waals surface area contributed by atoms with Crippen molar-refractivity contribution in [2.24, 2.45) is 0 Å². The SMILES string of the molecule is COC(=O)c1coc(CNCC2CCCCS2)c1. The summed E-state index contributed by atoms with van der Waals surface area (Å²) in [7, 11) is 1.37. The van der Waals surface area contributed by atoms with E-state index in [0.29, 0.717) is 17.4 Å². The number of thioether (sulfide) groups is 1. The standard InChI is InChI=1S/C13H19NO3S/c1-16-13(15)10-6-11(17-9-10)7-14-8-12-4-2-3-5-18-12/h6,9,12,14H,2-5,7-8H2,1H3. The first-order valence-electron chi connectivity index (χ1n) is 6.27. The van der Waals surface area contributed by atoms with Gasteiger partial charge in [-0.1, -0.05) is 6.42 Å². The van der Waals surface area contributed by atoms with E-state index in [1.54, 1.807) is 6.07 Å². The zero-order valence-electron chi connectivity index (χ0n) is 10.6. The van der Waals surface area contributed by atoms with Gasteiger partial charge in [-0.25, -0.2) is 4.79 Å². The van der Waals surface area contributed by atoms with Gasteiger partial charge in [-0.05, 0) is 24.7 Å². The highest BCUT2D eigenvalue weighted by Gasteiger charge is 2.14. The number of carbonyl (C=O) groups is 1. The molecule has 18 heavy (non-hydrogen) atoms. The van der Waals surface area contributed by atoms with Crippen molar-refractivity contribution in [3.8, 4) is 0 Å². The second-order valence-corrected chi connectivity index (χ2v) is 5.82. The van der Waals surface area contributed by atoms with Crippen LogP contribution in [0.4, 0.5) is 0 Å². The molecule has 100 valence electrons. The lowest BCUT2D eigenvalue weighted by Crippen LogP contribution is -2.26. The van der Waals surface area contributed by atoms with Crippen LogP contribution in [-0.2, 0) is 11.3 Å². The molecule has 0 radical (unpaired) electrons. The summed E-state index contributed by atoms with van der Waals surface area (Å²) >= 11 is 2.04. The van der Waals surface area contributed by atoms with E-state index in [-0.39, 0.29) is 5.97 Å². The zero-order valence-corrected chi connectivity index (χ0v) is 11.4. The van der Waals surface area contributed by atoms with Gasteiger partial charge >= 0.3 is 5.97 Å². The van der Waals surface area contributed by atoms with Crippen LogP contribution < -0.4 is 5.32 Å². The third-order valence-electron chi connectivity index (χ3n) is 3.02. The van der Waals surface area contributed by atoms with Gasteiger partial charge in [0.15, 0.2) is 0 Å². The molecule has 1 fully saturated rings. The molecular weight excluding hydrogens is 250 g/mol. The van der Waals surface area contributed by atoms with Gasteiger partial charge in [0.2, 0.25) is 0 Å². The fourth-order valence-electron chi connectivity index (χ4n) is 2.02. The van der Waals surface area contributed by atoms with E-state index in [9.17, 15) is 4.79 Å². The number of ether oxygens (including phenoxy) is 1. The van der Waals surface area contributed by atoms with E-state index >= 15 is 0 Å². The average Bonchev–Trinajstić information content (AvgIpc) is 2.88. The second-order valence-electron chi connectivity index (χ2n) is 4.41. The van der Waals surface area contributed by atoms with Crippen LogP contribution in [-0.4, -0.2) is 30.6 Å². The molecule has 0 aliphatic carbocycles. The van der Waals surface area contributed by atoms with Crippen molar-refractivity contribution in [2.75, 3.05) is 19.4 Å². The number of hydrogen-bond acceptors (Lipinski definition) is 5. The van der Waals surface area contributed by atoms with Crippen molar-refractivity contribution in [1.82, 2.24) is 5.32 Å². The molecule has 1 saturated heterocycles. The average molecular weight is 269 g/mol. The second kappa shape index (κ2) is 6.85. The van der Waals surface area contributed by atoms with Crippen LogP contribution in [0.5, 0.6) is 0 Å². The van der Waals surface area contributed by atoms with Gasteiger partial charge in [-0.2, -0.15) is 11.8 Å². The lowest BCUT2D eigenvalue weighted by atomic mass is 10.2. The van der Waals surface area contributed by atoms with Crippen LogP contribution in [0.3, 0.4) is 0 Å². The Morgan fingerprint density at radius 3 is 3.22 bits per heavy atom. The molecule has 1 aliphatic heterocycles. The van der Waals surface area contributed by atoms with E-state index in [1.807, 2.05) is 11.8 Å². The molecule has 1 N–H and O–H groups in total. The topological polar surface area (TPSA) is 51.5 Å². The lowest BCUT2D eigenvalue weighted by molar-refractivity contribution is 0.0600. The molecule has 4 nitrogen and oxygen atoms in total. The maximum Gasteiger partial charge on any atom is 0.341 e. The Morgan fingerprint density at radius 2 is 2.50 bits per heavy atom. The van der Waals surface area contributed by atoms with Crippen LogP contribution in [0, 0.1) is 0 Å². The number of hydrogen-bond donors (Lipinski definition) is 1. The van der Waals surface area contributed by atoms with Gasteiger partial charge in [0, 0.05) is 11.8 Å². The van der Waals surface area contributed by atoms with Crippen LogP contribution in [0.2, 0.25) is 0 Å². The van der Waals surface area contributed by atoms with Crippen LogP contribution in [0.1, 0.15) is 35.4 Å². The number of furan rings is 1. The Kier molecular flexibility index (Phi) is 5.13. The summed E-state index contributed by atoms with van der Waals surface area (Å²) < 4.78 is 9.93. The van der Waals surface area contributed by atoms with Gasteiger partial charge in [0.05, 0.1) is 19.2 Å². The molecule has 0 amide bonds. The third kappa shape index (κ3) is 3.78. The highest BCUT2D eigenvalue weighted by atomic mass is 32.2. The Bertz CT molecular complexity index is 385. The van der Waals surface area contributed by atoms with Gasteiger partial charge in [-0.15, -0.1) is 0 Å². The lowest BCUT2D eigenvalue weighted by Gasteiger charge is -2.21. The molecule has 0 spiro atoms. The van der Waals surface area contributed by atoms with E-state index in [1.165, 1.54) is 38.4 Å². The first-order valence-corrected chi connectivity index (χ1v) is 7.32. The molecule has 1 atom stereocenters. The highest BCUT2D eigenvalue weighted by Crippen LogP contribution is 2.24. The maximum absolute atomic E-state index is 11.2. The predicted octanol–water partition coefficient (Wildman–Crippen LogP) is 2.44. The fourth-order valence-corrected chi connectivity index (χ4v) is 3.30. The number of carbonyl (C=O) groups excluding carboxylic acids is 1. The Morgan fingerprint density at radius 1 is 1.61 bits per heavy atom. The third-order valence-corrected chi connectivity index (χ3v) is 4.42. The molecule has 0 aromatic carbocycles. The molecule has 0 bridgehead atoms. The highest BCUT2D eigenvalue weighted by molar-refractivity contribution is 7.99. The van der Waals surface area contributed by atoms with Gasteiger partial charge in [0.25, 0.3) is 0 Å². The molecule has 1 unspecified atom stereocenters. The van der Waals surface area contributed by atoms with E-state index < -0.39 is 0 Å². The summed E-state index contributed by atoms with van der Waals surface area (Å²) in [4.78, 5) is 11.2. The predicted molar refractivity (Wildman–Crippen MR) is 71.9 cm³/mol. The summed E-state index contributed by atoms with van der Waals surface area (Å²) in [6.07, 6.45) is 5.43. The van der Waals surface area contributed by atoms with E-state index in [0.717, 1.165) is 12.3 Å². The summed E-state index contributed by atoms with van der Waals surface area (Å²) in [5.74, 6) is 1.70. The number of esters is 1. The van der Waals surface area contributed by atoms with Gasteiger partial charge in [-0.3, -0.25) is 0 Å². The normalized spacial score (nSPS) is 19.7. The molecule has 2 rings (SSSR count). The minimum absolute atomic E-state index is 0.354. The number of nitrogens with one attached hydrogen (secondary N) is 1. The first-order chi connectivity index (χ1) is 8.79. The molecule has 1 aromatic rings. The van der Waals surface area contributed by atoms with Crippen molar-refractivity contribution in [3.05, 3.63) is 23.7 Å². The van der Waals surface area contributed by atoms with Gasteiger partial charge in [0.1, 0.15) is 12.0 Å². The van der Waals surface area contributed by atoms with Crippen molar-refractivity contribution < 1.29 is 13.9 Å². The Balaban J connectivity index is 1.72. The fraction of sp³-hybridized carbons (Fsp3) is 0.615. The number of methoxy groups -OCH3 is 1. The largest absolute Gasteiger partial charge is 0.467 e. The Labute approximate surface area is 111 Å². The zero-order chi connectivity index (χ0) is 12.8. The van der Waals surface area contributed by atoms with Crippen molar-refractivity contribution in [3.63, 3.8) is 0 Å². The minimum Gasteiger partial charge on any atom is -0.467 e.